The molecule has 0 radical (unpaired) electrons. The first-order valence-corrected chi connectivity index (χ1v) is 8.44. The van der Waals surface area contributed by atoms with Gasteiger partial charge in [0, 0.05) is 11.1 Å². The highest BCUT2D eigenvalue weighted by Gasteiger charge is 2.47. The number of hydrogen-bond donors (Lipinski definition) is 2. The number of furan rings is 1. The van der Waals surface area contributed by atoms with Gasteiger partial charge in [0.25, 0.3) is 5.91 Å². The van der Waals surface area contributed by atoms with Crippen molar-refractivity contribution in [1.82, 2.24) is 15.8 Å². The maximum Gasteiger partial charge on any atom is 0.344 e. The lowest BCUT2D eigenvalue weighted by Gasteiger charge is -2.18. The molecule has 1 unspecified atom stereocenters. The van der Waals surface area contributed by atoms with Crippen molar-refractivity contribution in [2.24, 2.45) is 0 Å². The molecule has 8 heteroatoms. The third-order valence-corrected chi connectivity index (χ3v) is 4.59. The van der Waals surface area contributed by atoms with E-state index in [-0.39, 0.29) is 11.5 Å². The fraction of sp³-hybridized carbons (Fsp3) is 0.263. The average molecular weight is 369 g/mol. The lowest BCUT2D eigenvalue weighted by atomic mass is 10.00. The number of amides is 4. The molecule has 1 aromatic heterocycles. The van der Waals surface area contributed by atoms with Gasteiger partial charge in [-0.1, -0.05) is 31.2 Å². The van der Waals surface area contributed by atoms with Gasteiger partial charge in [-0.15, -0.1) is 0 Å². The predicted molar refractivity (Wildman–Crippen MR) is 95.7 cm³/mol. The molecule has 0 aliphatic carbocycles. The molecule has 140 valence electrons. The highest BCUT2D eigenvalue weighted by atomic mass is 16.4. The van der Waals surface area contributed by atoms with Crippen molar-refractivity contribution in [3.05, 3.63) is 47.7 Å². The van der Waals surface area contributed by atoms with Crippen molar-refractivity contribution >= 4 is 23.6 Å². The lowest BCUT2D eigenvalue weighted by molar-refractivity contribution is -0.132. The first-order valence-electron chi connectivity index (χ1n) is 8.44. The molecule has 27 heavy (non-hydrogen) atoms. The molecule has 1 saturated heterocycles. The minimum Gasteiger partial charge on any atom is -0.451 e. The van der Waals surface area contributed by atoms with Gasteiger partial charge in [0.1, 0.15) is 11.3 Å². The van der Waals surface area contributed by atoms with Gasteiger partial charge < -0.3 is 9.73 Å². The fourth-order valence-corrected chi connectivity index (χ4v) is 2.67. The van der Waals surface area contributed by atoms with Gasteiger partial charge in [-0.2, -0.15) is 5.01 Å². The van der Waals surface area contributed by atoms with Crippen LogP contribution in [0.2, 0.25) is 0 Å². The van der Waals surface area contributed by atoms with Crippen molar-refractivity contribution in [3.63, 3.8) is 0 Å². The molecule has 1 aliphatic heterocycles. The number of rotatable bonds is 5. The number of benzene rings is 1. The summed E-state index contributed by atoms with van der Waals surface area (Å²) < 4.78 is 5.52. The van der Waals surface area contributed by atoms with E-state index in [4.69, 9.17) is 4.42 Å². The van der Waals surface area contributed by atoms with Crippen LogP contribution in [0.25, 0.3) is 11.3 Å². The first-order chi connectivity index (χ1) is 12.7. The Morgan fingerprint density at radius 3 is 2.37 bits per heavy atom. The van der Waals surface area contributed by atoms with Gasteiger partial charge >= 0.3 is 11.9 Å². The van der Waals surface area contributed by atoms with Crippen LogP contribution in [0.4, 0.5) is 4.79 Å². The number of hydrazine groups is 1. The number of nitrogens with one attached hydrogen (secondary N) is 2. The van der Waals surface area contributed by atoms with Gasteiger partial charge in [-0.25, -0.2) is 10.2 Å². The molecule has 8 nitrogen and oxygen atoms in total. The normalized spacial score (nSPS) is 19.1. The topological polar surface area (TPSA) is 109 Å². The summed E-state index contributed by atoms with van der Waals surface area (Å²) >= 11 is 0. The minimum atomic E-state index is -1.04. The van der Waals surface area contributed by atoms with Crippen LogP contribution in [0.5, 0.6) is 0 Å². The molecule has 4 amide bonds. The maximum atomic E-state index is 12.4. The zero-order chi connectivity index (χ0) is 19.8. The van der Waals surface area contributed by atoms with Crippen LogP contribution in [0, 0.1) is 0 Å². The van der Waals surface area contributed by atoms with Crippen molar-refractivity contribution in [2.75, 3.05) is 0 Å². The van der Waals surface area contributed by atoms with Gasteiger partial charge in [0.2, 0.25) is 0 Å². The van der Waals surface area contributed by atoms with E-state index in [1.807, 2.05) is 0 Å². The first kappa shape index (κ1) is 18.4. The second-order valence-corrected chi connectivity index (χ2v) is 6.49. The number of hydrogen-bond acceptors (Lipinski definition) is 5. The Morgan fingerprint density at radius 1 is 1.15 bits per heavy atom. The number of urea groups is 1. The number of imide groups is 1. The molecule has 0 saturated carbocycles. The van der Waals surface area contributed by atoms with E-state index in [2.05, 4.69) is 10.7 Å². The molecular formula is C19H19N3O5. The van der Waals surface area contributed by atoms with E-state index >= 15 is 0 Å². The monoisotopic (exact) mass is 369 g/mol. The Kier molecular flexibility index (Phi) is 4.57. The van der Waals surface area contributed by atoms with E-state index in [9.17, 15) is 19.2 Å². The van der Waals surface area contributed by atoms with E-state index in [0.29, 0.717) is 28.3 Å². The summed E-state index contributed by atoms with van der Waals surface area (Å²) in [6, 6.07) is 9.10. The summed E-state index contributed by atoms with van der Waals surface area (Å²) in [4.78, 5) is 48.0. The molecule has 1 fully saturated rings. The Balaban J connectivity index is 1.75. The molecule has 2 heterocycles. The second kappa shape index (κ2) is 6.71. The summed E-state index contributed by atoms with van der Waals surface area (Å²) in [6.07, 6.45) is 0.394. The quantitative estimate of drug-likeness (QED) is 0.622. The summed E-state index contributed by atoms with van der Waals surface area (Å²) in [5.74, 6) is -0.925. The van der Waals surface area contributed by atoms with Crippen LogP contribution in [-0.2, 0) is 4.79 Å². The SMILES string of the molecule is CCC1(C)NC(=O)N(NC(=O)c2ccc(-c3ccc(C(C)=O)cc3)o2)C1=O. The summed E-state index contributed by atoms with van der Waals surface area (Å²) in [6.45, 7) is 4.83. The Bertz CT molecular complexity index is 931. The Morgan fingerprint density at radius 2 is 1.81 bits per heavy atom. The van der Waals surface area contributed by atoms with Crippen LogP contribution in [0.15, 0.2) is 40.8 Å². The number of Topliss-reactive ketones (excluding diaryl/α,β-unsaturated/α-hetero) is 1. The number of nitrogens with zero attached hydrogens (tertiary/aromatic N) is 1. The second-order valence-electron chi connectivity index (χ2n) is 6.49. The van der Waals surface area contributed by atoms with Crippen molar-refractivity contribution in [3.8, 4) is 11.3 Å². The van der Waals surface area contributed by atoms with Gasteiger partial charge in [-0.05, 0) is 32.4 Å². The Labute approximate surface area is 155 Å². The van der Waals surface area contributed by atoms with Crippen LogP contribution < -0.4 is 10.7 Å². The minimum absolute atomic E-state index is 0.0475. The van der Waals surface area contributed by atoms with E-state index in [1.54, 1.807) is 44.2 Å². The number of carbonyl (C=O) groups is 4. The molecule has 2 aromatic rings. The molecule has 0 spiro atoms. The molecular weight excluding hydrogens is 350 g/mol. The molecule has 3 rings (SSSR count). The number of ketones is 1. The fourth-order valence-electron chi connectivity index (χ4n) is 2.67. The van der Waals surface area contributed by atoms with Crippen molar-refractivity contribution < 1.29 is 23.6 Å². The van der Waals surface area contributed by atoms with Gasteiger partial charge in [0.05, 0.1) is 0 Å². The smallest absolute Gasteiger partial charge is 0.344 e. The Hall–Kier alpha value is -3.42. The largest absolute Gasteiger partial charge is 0.451 e. The van der Waals surface area contributed by atoms with Crippen LogP contribution in [0.3, 0.4) is 0 Å². The van der Waals surface area contributed by atoms with Gasteiger partial charge in [0.15, 0.2) is 11.5 Å². The van der Waals surface area contributed by atoms with Crippen LogP contribution >= 0.6 is 0 Å². The standard InChI is InChI=1S/C19H19N3O5/c1-4-19(3)17(25)22(18(26)20-19)21-16(24)15-10-9-14(27-15)13-7-5-12(6-8-13)11(2)23/h5-10H,4H2,1-3H3,(H,20,26)(H,21,24). The third-order valence-electron chi connectivity index (χ3n) is 4.59. The predicted octanol–water partition coefficient (Wildman–Crippen LogP) is 2.51. The molecule has 2 N–H and O–H groups in total. The molecule has 1 aliphatic rings. The summed E-state index contributed by atoms with van der Waals surface area (Å²) in [7, 11) is 0. The highest BCUT2D eigenvalue weighted by molar-refractivity contribution is 6.08. The lowest BCUT2D eigenvalue weighted by Crippen LogP contribution is -2.48. The summed E-state index contributed by atoms with van der Waals surface area (Å²) in [5.41, 5.74) is 2.48. The van der Waals surface area contributed by atoms with Crippen LogP contribution in [-0.4, -0.2) is 34.2 Å². The third kappa shape index (κ3) is 3.33. The zero-order valence-electron chi connectivity index (χ0n) is 15.2. The zero-order valence-corrected chi connectivity index (χ0v) is 15.2. The van der Waals surface area contributed by atoms with E-state index in [1.165, 1.54) is 13.0 Å². The van der Waals surface area contributed by atoms with Crippen molar-refractivity contribution in [2.45, 2.75) is 32.7 Å². The maximum absolute atomic E-state index is 12.4. The van der Waals surface area contributed by atoms with E-state index < -0.39 is 23.4 Å². The van der Waals surface area contributed by atoms with Crippen LogP contribution in [0.1, 0.15) is 48.1 Å². The molecule has 1 atom stereocenters. The summed E-state index contributed by atoms with van der Waals surface area (Å²) in [5, 5.41) is 3.21. The van der Waals surface area contributed by atoms with Crippen molar-refractivity contribution in [1.29, 1.82) is 0 Å². The van der Waals surface area contributed by atoms with Gasteiger partial charge in [-0.3, -0.25) is 14.4 Å². The van der Waals surface area contributed by atoms with E-state index in [0.717, 1.165) is 0 Å². The average Bonchev–Trinajstić information content (AvgIpc) is 3.22. The molecule has 0 bridgehead atoms. The highest BCUT2D eigenvalue weighted by Crippen LogP contribution is 2.24. The number of carbonyl (C=O) groups excluding carboxylic acids is 4. The molecule has 1 aromatic carbocycles.